The summed E-state index contributed by atoms with van der Waals surface area (Å²) >= 11 is 6.08. The molecule has 2 aromatic rings. The number of hydrogen-bond donors (Lipinski definition) is 0. The molecule has 5 rings (SSSR count). The lowest BCUT2D eigenvalue weighted by atomic mass is 10.1. The van der Waals surface area contributed by atoms with Gasteiger partial charge >= 0.3 is 0 Å². The average molecular weight is 427 g/mol. The van der Waals surface area contributed by atoms with Crippen LogP contribution in [0.2, 0.25) is 5.02 Å². The number of para-hydroxylation sites is 2. The fraction of sp³-hybridized carbons (Fsp3) is 0.391. The van der Waals surface area contributed by atoms with Gasteiger partial charge < -0.3 is 19.3 Å². The van der Waals surface area contributed by atoms with Crippen molar-refractivity contribution in [1.82, 2.24) is 4.90 Å². The predicted molar refractivity (Wildman–Crippen MR) is 113 cm³/mol. The molecular formula is C23H23ClN2O4. The van der Waals surface area contributed by atoms with Crippen LogP contribution in [-0.2, 0) is 16.0 Å². The lowest BCUT2D eigenvalue weighted by Crippen LogP contribution is -2.54. The Balaban J connectivity index is 1.39. The molecule has 0 spiro atoms. The highest BCUT2D eigenvalue weighted by Crippen LogP contribution is 2.37. The maximum atomic E-state index is 13.4. The van der Waals surface area contributed by atoms with Crippen molar-refractivity contribution >= 4 is 29.1 Å². The first-order valence-electron chi connectivity index (χ1n) is 10.4. The highest BCUT2D eigenvalue weighted by atomic mass is 35.5. The van der Waals surface area contributed by atoms with Crippen molar-refractivity contribution in [2.45, 2.75) is 37.9 Å². The Morgan fingerprint density at radius 2 is 1.67 bits per heavy atom. The fourth-order valence-corrected chi connectivity index (χ4v) is 4.61. The fourth-order valence-electron chi connectivity index (χ4n) is 4.42. The van der Waals surface area contributed by atoms with Crippen LogP contribution in [0.15, 0.2) is 42.5 Å². The van der Waals surface area contributed by atoms with E-state index in [-0.39, 0.29) is 18.4 Å². The van der Waals surface area contributed by atoms with Crippen LogP contribution in [0.25, 0.3) is 0 Å². The zero-order valence-electron chi connectivity index (χ0n) is 16.6. The molecule has 0 N–H and O–H groups in total. The predicted octanol–water partition coefficient (Wildman–Crippen LogP) is 3.45. The van der Waals surface area contributed by atoms with E-state index in [1.807, 2.05) is 29.2 Å². The third-order valence-corrected chi connectivity index (χ3v) is 6.19. The Bertz CT molecular complexity index is 989. The Morgan fingerprint density at radius 1 is 0.900 bits per heavy atom. The van der Waals surface area contributed by atoms with Gasteiger partial charge in [0.2, 0.25) is 0 Å². The van der Waals surface area contributed by atoms with Crippen molar-refractivity contribution in [2.24, 2.45) is 0 Å². The van der Waals surface area contributed by atoms with E-state index in [2.05, 4.69) is 0 Å². The lowest BCUT2D eigenvalue weighted by molar-refractivity contribution is -0.140. The van der Waals surface area contributed by atoms with Crippen LogP contribution in [0.4, 0.5) is 5.69 Å². The molecular weight excluding hydrogens is 404 g/mol. The summed E-state index contributed by atoms with van der Waals surface area (Å²) in [5, 5.41) is 0.620. The first-order chi connectivity index (χ1) is 14.6. The Morgan fingerprint density at radius 3 is 2.50 bits per heavy atom. The molecule has 0 radical (unpaired) electrons. The molecule has 2 aromatic carbocycles. The van der Waals surface area contributed by atoms with Gasteiger partial charge in [0, 0.05) is 24.5 Å². The molecule has 0 bridgehead atoms. The molecule has 7 heteroatoms. The highest BCUT2D eigenvalue weighted by molar-refractivity contribution is 6.30. The molecule has 6 nitrogen and oxygen atoms in total. The van der Waals surface area contributed by atoms with E-state index in [4.69, 9.17) is 21.1 Å². The second-order valence-corrected chi connectivity index (χ2v) is 8.41. The summed E-state index contributed by atoms with van der Waals surface area (Å²) in [6.45, 7) is 1.67. The minimum absolute atomic E-state index is 0.0515. The number of piperidine rings is 1. The van der Waals surface area contributed by atoms with Crippen LogP contribution in [0.1, 0.15) is 24.8 Å². The van der Waals surface area contributed by atoms with Crippen molar-refractivity contribution in [3.63, 3.8) is 0 Å². The number of amides is 2. The summed E-state index contributed by atoms with van der Waals surface area (Å²) < 4.78 is 11.9. The summed E-state index contributed by atoms with van der Waals surface area (Å²) in [6, 6.07) is 12.7. The molecule has 0 unspecified atom stereocenters. The minimum atomic E-state index is -0.708. The number of benzene rings is 2. The van der Waals surface area contributed by atoms with Crippen molar-refractivity contribution in [2.75, 3.05) is 24.5 Å². The van der Waals surface area contributed by atoms with Crippen LogP contribution in [0.5, 0.6) is 11.5 Å². The number of likely N-dealkylation sites (tertiary alicyclic amines) is 1. The van der Waals surface area contributed by atoms with E-state index in [0.29, 0.717) is 28.6 Å². The molecule has 0 aliphatic carbocycles. The van der Waals surface area contributed by atoms with Crippen molar-refractivity contribution in [1.29, 1.82) is 0 Å². The smallest absolute Gasteiger partial charge is 0.268 e. The van der Waals surface area contributed by atoms with Gasteiger partial charge in [0.15, 0.2) is 12.2 Å². The van der Waals surface area contributed by atoms with E-state index in [1.165, 1.54) is 0 Å². The van der Waals surface area contributed by atoms with E-state index in [1.54, 1.807) is 23.1 Å². The molecule has 30 heavy (non-hydrogen) atoms. The van der Waals surface area contributed by atoms with Crippen LogP contribution in [-0.4, -0.2) is 48.6 Å². The molecule has 1 fully saturated rings. The number of fused-ring (bicyclic) bond motifs is 2. The molecule has 0 aromatic heterocycles. The molecule has 3 heterocycles. The van der Waals surface area contributed by atoms with Gasteiger partial charge in [-0.05, 0) is 55.2 Å². The number of carbonyl (C=O) groups is 2. The first-order valence-corrected chi connectivity index (χ1v) is 10.8. The zero-order chi connectivity index (χ0) is 20.7. The minimum Gasteiger partial charge on any atom is -0.480 e. The van der Waals surface area contributed by atoms with Crippen LogP contribution in [0.3, 0.4) is 0 Å². The third-order valence-electron chi connectivity index (χ3n) is 5.96. The number of rotatable bonds is 2. The zero-order valence-corrected chi connectivity index (χ0v) is 17.3. The number of ether oxygens (including phenoxy) is 2. The van der Waals surface area contributed by atoms with E-state index in [0.717, 1.165) is 37.9 Å². The van der Waals surface area contributed by atoms with E-state index in [9.17, 15) is 9.59 Å². The normalized spacial score (nSPS) is 22.6. The Hall–Kier alpha value is -2.73. The highest BCUT2D eigenvalue weighted by Gasteiger charge is 2.40. The summed E-state index contributed by atoms with van der Waals surface area (Å²) in [5.41, 5.74) is 1.59. The van der Waals surface area contributed by atoms with E-state index < -0.39 is 12.2 Å². The van der Waals surface area contributed by atoms with Gasteiger partial charge in [-0.2, -0.15) is 0 Å². The summed E-state index contributed by atoms with van der Waals surface area (Å²) in [7, 11) is 0. The number of nitrogens with zero attached hydrogens (tertiary/aromatic N) is 2. The Kier molecular flexibility index (Phi) is 5.03. The number of hydrogen-bond acceptors (Lipinski definition) is 4. The molecule has 1 saturated heterocycles. The first kappa shape index (κ1) is 19.2. The van der Waals surface area contributed by atoms with E-state index >= 15 is 0 Å². The van der Waals surface area contributed by atoms with Gasteiger partial charge in [-0.1, -0.05) is 23.7 Å². The van der Waals surface area contributed by atoms with Crippen molar-refractivity contribution in [3.05, 3.63) is 53.1 Å². The number of anilines is 1. The van der Waals surface area contributed by atoms with Gasteiger partial charge in [-0.15, -0.1) is 0 Å². The second kappa shape index (κ2) is 7.84. The van der Waals surface area contributed by atoms with Gasteiger partial charge in [-0.3, -0.25) is 9.59 Å². The van der Waals surface area contributed by atoms with Crippen molar-refractivity contribution < 1.29 is 19.1 Å². The number of halogens is 1. The Labute approximate surface area is 180 Å². The van der Waals surface area contributed by atoms with Gasteiger partial charge in [0.05, 0.1) is 12.2 Å². The quantitative estimate of drug-likeness (QED) is 0.738. The SMILES string of the molecule is O=C([C@@H]1CN(C(=O)[C@@H]2Cc3cc(Cl)ccc3O2)c2ccccc2O1)N1CCCCC1. The van der Waals surface area contributed by atoms with Crippen LogP contribution >= 0.6 is 11.6 Å². The summed E-state index contributed by atoms with van der Waals surface area (Å²) in [5.74, 6) is 1.00. The molecule has 3 aliphatic rings. The lowest BCUT2D eigenvalue weighted by Gasteiger charge is -2.38. The molecule has 156 valence electrons. The van der Waals surface area contributed by atoms with Crippen LogP contribution < -0.4 is 14.4 Å². The maximum Gasteiger partial charge on any atom is 0.268 e. The molecule has 2 amide bonds. The summed E-state index contributed by atoms with van der Waals surface area (Å²) in [4.78, 5) is 30.0. The second-order valence-electron chi connectivity index (χ2n) is 7.97. The largest absolute Gasteiger partial charge is 0.480 e. The molecule has 3 aliphatic heterocycles. The van der Waals surface area contributed by atoms with Crippen molar-refractivity contribution in [3.8, 4) is 11.5 Å². The average Bonchev–Trinajstić information content (AvgIpc) is 3.21. The van der Waals surface area contributed by atoms with Gasteiger partial charge in [-0.25, -0.2) is 0 Å². The van der Waals surface area contributed by atoms with Gasteiger partial charge in [0.25, 0.3) is 11.8 Å². The number of carbonyl (C=O) groups excluding carboxylic acids is 2. The molecule has 2 atom stereocenters. The maximum absolute atomic E-state index is 13.4. The monoisotopic (exact) mass is 426 g/mol. The molecule has 0 saturated carbocycles. The van der Waals surface area contributed by atoms with Crippen LogP contribution in [0, 0.1) is 0 Å². The van der Waals surface area contributed by atoms with Gasteiger partial charge in [0.1, 0.15) is 11.5 Å². The standard InChI is InChI=1S/C23H23ClN2O4/c24-16-8-9-18-15(12-16)13-20(29-18)23(28)26-14-21(22(27)25-10-4-1-5-11-25)30-19-7-3-2-6-17(19)26/h2-3,6-9,12,20-21H,1,4-5,10-11,13-14H2/t20-,21-/m0/s1. The third kappa shape index (κ3) is 3.49. The summed E-state index contributed by atoms with van der Waals surface area (Å²) in [6.07, 6.45) is 2.27. The topological polar surface area (TPSA) is 59.1 Å².